The van der Waals surface area contributed by atoms with Gasteiger partial charge in [-0.05, 0) is 38.5 Å². The molecule has 0 saturated carbocycles. The third-order valence-electron chi connectivity index (χ3n) is 6.73. The lowest BCUT2D eigenvalue weighted by atomic mass is 9.92. The molecule has 0 radical (unpaired) electrons. The van der Waals surface area contributed by atoms with Gasteiger partial charge in [0.2, 0.25) is 5.91 Å². The molecule has 0 aromatic rings. The van der Waals surface area contributed by atoms with E-state index in [4.69, 9.17) is 10.5 Å². The number of carbonyl (C=O) groups is 2. The number of nitrogens with zero attached hydrogens (tertiary/aromatic N) is 1. The smallest absolute Gasteiger partial charge is 0.329 e. The lowest BCUT2D eigenvalue weighted by Gasteiger charge is -2.39. The molecule has 0 aliphatic carbocycles. The normalized spacial score (nSPS) is 23.4. The molecular formula is C23H46N4O3S. The standard InChI is InChI=1S/C23H46N4O3S/c1-8-15(3)18(25-12-17(24)14-31)13-26-20(16(4)9-2)21(28)27(7)19-10-11-23(5,6)30-22(19)29/h15-20,25-26,31H,8-14,24H2,1-7H3/t15-,16-,17+,18+,19-,20-/m0/s1. The molecule has 0 unspecified atom stereocenters. The SMILES string of the molecule is CC[C@H](C)[C@H](NC[C@@H](NC[C@@H](N)CS)[C@@H](C)CC)C(=O)N(C)[C@H]1CCC(C)(C)OC1=O. The molecule has 6 atom stereocenters. The number of ether oxygens (including phenoxy) is 1. The first-order valence-corrected chi connectivity index (χ1v) is 12.4. The van der Waals surface area contributed by atoms with E-state index < -0.39 is 11.6 Å². The zero-order chi connectivity index (χ0) is 23.8. The van der Waals surface area contributed by atoms with Gasteiger partial charge in [-0.2, -0.15) is 12.6 Å². The number of hydrogen-bond donors (Lipinski definition) is 4. The molecule has 4 N–H and O–H groups in total. The summed E-state index contributed by atoms with van der Waals surface area (Å²) in [5.41, 5.74) is 5.56. The van der Waals surface area contributed by atoms with Crippen LogP contribution in [-0.2, 0) is 14.3 Å². The maximum absolute atomic E-state index is 13.4. The Bertz CT molecular complexity index is 575. The highest BCUT2D eigenvalue weighted by molar-refractivity contribution is 7.80. The van der Waals surface area contributed by atoms with E-state index in [-0.39, 0.29) is 35.9 Å². The summed E-state index contributed by atoms with van der Waals surface area (Å²) in [6, 6.07) is -0.689. The summed E-state index contributed by atoms with van der Waals surface area (Å²) in [5.74, 6) is 0.838. The minimum atomic E-state index is -0.522. The fourth-order valence-corrected chi connectivity index (χ4v) is 4.00. The van der Waals surface area contributed by atoms with Crippen LogP contribution < -0.4 is 16.4 Å². The van der Waals surface area contributed by atoms with Crippen LogP contribution in [0.1, 0.15) is 67.2 Å². The first-order chi connectivity index (χ1) is 14.5. The average Bonchev–Trinajstić information content (AvgIpc) is 2.73. The molecule has 1 saturated heterocycles. The van der Waals surface area contributed by atoms with Crippen molar-refractivity contribution in [2.24, 2.45) is 17.6 Å². The number of nitrogens with one attached hydrogen (secondary N) is 2. The Morgan fingerprint density at radius 1 is 1.23 bits per heavy atom. The number of likely N-dealkylation sites (N-methyl/N-ethyl adjacent to an activating group) is 1. The number of nitrogens with two attached hydrogens (primary N) is 1. The minimum absolute atomic E-state index is 0.00502. The van der Waals surface area contributed by atoms with Crippen LogP contribution in [0, 0.1) is 11.8 Å². The second kappa shape index (κ2) is 13.0. The van der Waals surface area contributed by atoms with E-state index in [1.54, 1.807) is 11.9 Å². The van der Waals surface area contributed by atoms with Crippen LogP contribution in [0.25, 0.3) is 0 Å². The van der Waals surface area contributed by atoms with Crippen LogP contribution in [0.4, 0.5) is 0 Å². The summed E-state index contributed by atoms with van der Waals surface area (Å²) in [6.07, 6.45) is 3.26. The zero-order valence-electron chi connectivity index (χ0n) is 20.6. The van der Waals surface area contributed by atoms with Crippen LogP contribution in [0.2, 0.25) is 0 Å². The largest absolute Gasteiger partial charge is 0.458 e. The second-order valence-electron chi connectivity index (χ2n) is 9.80. The number of thiol groups is 1. The number of cyclic esters (lactones) is 1. The minimum Gasteiger partial charge on any atom is -0.458 e. The Balaban J connectivity index is 2.86. The van der Waals surface area contributed by atoms with Gasteiger partial charge < -0.3 is 26.0 Å². The van der Waals surface area contributed by atoms with Crippen molar-refractivity contribution in [1.29, 1.82) is 0 Å². The molecule has 31 heavy (non-hydrogen) atoms. The number of amides is 1. The van der Waals surface area contributed by atoms with Gasteiger partial charge in [-0.15, -0.1) is 0 Å². The van der Waals surface area contributed by atoms with Crippen LogP contribution in [0.3, 0.4) is 0 Å². The topological polar surface area (TPSA) is 96.7 Å². The fraction of sp³-hybridized carbons (Fsp3) is 0.913. The Morgan fingerprint density at radius 3 is 2.35 bits per heavy atom. The number of hydrogen-bond acceptors (Lipinski definition) is 7. The lowest BCUT2D eigenvalue weighted by Crippen LogP contribution is -2.58. The summed E-state index contributed by atoms with van der Waals surface area (Å²) in [5, 5.41) is 7.06. The van der Waals surface area contributed by atoms with E-state index in [2.05, 4.69) is 51.0 Å². The summed E-state index contributed by atoms with van der Waals surface area (Å²) in [4.78, 5) is 27.5. The molecule has 0 aromatic heterocycles. The van der Waals surface area contributed by atoms with Gasteiger partial charge in [0.1, 0.15) is 11.6 Å². The first-order valence-electron chi connectivity index (χ1n) is 11.8. The van der Waals surface area contributed by atoms with Crippen LogP contribution in [0.5, 0.6) is 0 Å². The first kappa shape index (κ1) is 28.2. The summed E-state index contributed by atoms with van der Waals surface area (Å²) >= 11 is 4.27. The molecule has 1 aliphatic heterocycles. The number of carbonyl (C=O) groups excluding carboxylic acids is 2. The van der Waals surface area contributed by atoms with Gasteiger partial charge in [0.05, 0.1) is 6.04 Å². The molecule has 1 aliphatic rings. The molecule has 0 aromatic carbocycles. The maximum Gasteiger partial charge on any atom is 0.329 e. The van der Waals surface area contributed by atoms with Crippen LogP contribution in [0.15, 0.2) is 0 Å². The van der Waals surface area contributed by atoms with E-state index in [1.807, 2.05) is 13.8 Å². The van der Waals surface area contributed by atoms with Gasteiger partial charge >= 0.3 is 5.97 Å². The summed E-state index contributed by atoms with van der Waals surface area (Å²) in [6.45, 7) is 13.7. The van der Waals surface area contributed by atoms with E-state index >= 15 is 0 Å². The van der Waals surface area contributed by atoms with Gasteiger partial charge in [-0.3, -0.25) is 4.79 Å². The third-order valence-corrected chi connectivity index (χ3v) is 7.20. The van der Waals surface area contributed by atoms with Gasteiger partial charge in [0.25, 0.3) is 0 Å². The third kappa shape index (κ3) is 8.56. The van der Waals surface area contributed by atoms with Crippen molar-refractivity contribution < 1.29 is 14.3 Å². The van der Waals surface area contributed by atoms with E-state index in [1.165, 1.54) is 0 Å². The summed E-state index contributed by atoms with van der Waals surface area (Å²) in [7, 11) is 1.72. The second-order valence-corrected chi connectivity index (χ2v) is 10.2. The molecule has 8 heteroatoms. The van der Waals surface area contributed by atoms with Gasteiger partial charge in [-0.25, -0.2) is 4.79 Å². The Kier molecular flexibility index (Phi) is 11.8. The quantitative estimate of drug-likeness (QED) is 0.250. The van der Waals surface area contributed by atoms with Gasteiger partial charge in [0.15, 0.2) is 0 Å². The van der Waals surface area contributed by atoms with E-state index in [9.17, 15) is 9.59 Å². The zero-order valence-corrected chi connectivity index (χ0v) is 21.5. The highest BCUT2D eigenvalue weighted by Crippen LogP contribution is 2.27. The van der Waals surface area contributed by atoms with Crippen molar-refractivity contribution in [2.75, 3.05) is 25.9 Å². The van der Waals surface area contributed by atoms with Crippen molar-refractivity contribution in [3.05, 3.63) is 0 Å². The van der Waals surface area contributed by atoms with Gasteiger partial charge in [0, 0.05) is 38.0 Å². The van der Waals surface area contributed by atoms with Crippen molar-refractivity contribution in [1.82, 2.24) is 15.5 Å². The molecule has 1 heterocycles. The molecule has 1 rings (SSSR count). The molecular weight excluding hydrogens is 412 g/mol. The molecule has 7 nitrogen and oxygen atoms in total. The maximum atomic E-state index is 13.4. The highest BCUT2D eigenvalue weighted by atomic mass is 32.1. The van der Waals surface area contributed by atoms with Crippen LogP contribution in [-0.4, -0.2) is 72.4 Å². The van der Waals surface area contributed by atoms with Crippen molar-refractivity contribution >= 4 is 24.5 Å². The molecule has 182 valence electrons. The predicted octanol–water partition coefficient (Wildman–Crippen LogP) is 2.19. The Labute approximate surface area is 195 Å². The van der Waals surface area contributed by atoms with E-state index in [0.29, 0.717) is 31.2 Å². The highest BCUT2D eigenvalue weighted by Gasteiger charge is 2.40. The van der Waals surface area contributed by atoms with Crippen molar-refractivity contribution in [2.45, 2.75) is 97.0 Å². The molecule has 1 amide bonds. The fourth-order valence-electron chi connectivity index (χ4n) is 3.87. The van der Waals surface area contributed by atoms with Crippen molar-refractivity contribution in [3.8, 4) is 0 Å². The number of esters is 1. The average molecular weight is 459 g/mol. The van der Waals surface area contributed by atoms with Crippen molar-refractivity contribution in [3.63, 3.8) is 0 Å². The summed E-state index contributed by atoms with van der Waals surface area (Å²) < 4.78 is 5.55. The molecule has 0 spiro atoms. The van der Waals surface area contributed by atoms with E-state index in [0.717, 1.165) is 19.3 Å². The molecule has 0 bridgehead atoms. The molecule has 1 fully saturated rings. The lowest BCUT2D eigenvalue weighted by molar-refractivity contribution is -0.174. The van der Waals surface area contributed by atoms with Crippen LogP contribution >= 0.6 is 12.6 Å². The Hall–Kier alpha value is -0.830. The monoisotopic (exact) mass is 458 g/mol. The number of rotatable bonds is 13. The van der Waals surface area contributed by atoms with Gasteiger partial charge in [-0.1, -0.05) is 40.5 Å². The predicted molar refractivity (Wildman–Crippen MR) is 130 cm³/mol. The Morgan fingerprint density at radius 2 is 1.84 bits per heavy atom.